The van der Waals surface area contributed by atoms with E-state index in [2.05, 4.69) is 0 Å². The van der Waals surface area contributed by atoms with Crippen molar-refractivity contribution in [1.82, 2.24) is 4.90 Å². The Morgan fingerprint density at radius 1 is 1.30 bits per heavy atom. The molecule has 1 saturated carbocycles. The Hall–Kier alpha value is -0.820. The number of amides is 1. The van der Waals surface area contributed by atoms with E-state index in [-0.39, 0.29) is 17.6 Å². The minimum absolute atomic E-state index is 0.0201. The van der Waals surface area contributed by atoms with E-state index in [1.165, 1.54) is 0 Å². The summed E-state index contributed by atoms with van der Waals surface area (Å²) in [7, 11) is -3.39. The number of ether oxygens (including phenoxy) is 1. The van der Waals surface area contributed by atoms with Crippen LogP contribution in [0.3, 0.4) is 0 Å². The summed E-state index contributed by atoms with van der Waals surface area (Å²) in [6, 6.07) is 0. The van der Waals surface area contributed by atoms with Crippen molar-refractivity contribution in [3.8, 4) is 0 Å². The summed E-state index contributed by atoms with van der Waals surface area (Å²) < 4.78 is 32.4. The lowest BCUT2D eigenvalue weighted by Crippen LogP contribution is -2.46. The minimum Gasteiger partial charge on any atom is -0.444 e. The Bertz CT molecular complexity index is 487. The molecule has 0 radical (unpaired) electrons. The van der Waals surface area contributed by atoms with Crippen molar-refractivity contribution >= 4 is 16.2 Å². The number of likely N-dealkylation sites (tertiary alicyclic amines) is 1. The number of hydrogen-bond acceptors (Lipinski definition) is 5. The van der Waals surface area contributed by atoms with E-state index in [9.17, 15) is 13.2 Å². The normalized spacial score (nSPS) is 30.4. The summed E-state index contributed by atoms with van der Waals surface area (Å²) in [5, 5.41) is 0. The molecule has 1 heterocycles. The zero-order valence-corrected chi connectivity index (χ0v) is 13.3. The highest BCUT2D eigenvalue weighted by Crippen LogP contribution is 2.49. The number of rotatable bonds is 2. The Labute approximate surface area is 120 Å². The quantitative estimate of drug-likeness (QED) is 0.727. The molecule has 1 aliphatic carbocycles. The fourth-order valence-electron chi connectivity index (χ4n) is 2.97. The lowest BCUT2D eigenvalue weighted by molar-refractivity contribution is -0.0101. The average molecular weight is 305 g/mol. The molecular formula is C13H23NO5S. The molecule has 20 heavy (non-hydrogen) atoms. The van der Waals surface area contributed by atoms with E-state index in [0.29, 0.717) is 25.9 Å². The van der Waals surface area contributed by atoms with Crippen LogP contribution in [-0.2, 0) is 19.0 Å². The van der Waals surface area contributed by atoms with E-state index in [0.717, 1.165) is 12.7 Å². The lowest BCUT2D eigenvalue weighted by Gasteiger charge is -2.43. The highest BCUT2D eigenvalue weighted by Gasteiger charge is 2.51. The van der Waals surface area contributed by atoms with Crippen molar-refractivity contribution in [2.24, 2.45) is 5.41 Å². The number of carbonyl (C=O) groups excluding carboxylic acids is 1. The first-order valence-corrected chi connectivity index (χ1v) is 8.66. The summed E-state index contributed by atoms with van der Waals surface area (Å²) in [4.78, 5) is 13.7. The van der Waals surface area contributed by atoms with Gasteiger partial charge in [0.1, 0.15) is 5.60 Å². The zero-order valence-electron chi connectivity index (χ0n) is 12.5. The maximum atomic E-state index is 12.0. The van der Waals surface area contributed by atoms with Crippen LogP contribution >= 0.6 is 0 Å². The van der Waals surface area contributed by atoms with Gasteiger partial charge in [-0.15, -0.1) is 0 Å². The van der Waals surface area contributed by atoms with Crippen LogP contribution in [0.1, 0.15) is 40.0 Å². The van der Waals surface area contributed by atoms with Crippen LogP contribution in [0, 0.1) is 5.41 Å². The van der Waals surface area contributed by atoms with Crippen molar-refractivity contribution in [2.45, 2.75) is 51.7 Å². The molecule has 0 aromatic carbocycles. The van der Waals surface area contributed by atoms with Gasteiger partial charge in [-0.3, -0.25) is 4.18 Å². The van der Waals surface area contributed by atoms with Gasteiger partial charge in [0.15, 0.2) is 0 Å². The van der Waals surface area contributed by atoms with E-state index >= 15 is 0 Å². The molecule has 0 unspecified atom stereocenters. The topological polar surface area (TPSA) is 72.9 Å². The number of nitrogens with zero attached hydrogens (tertiary/aromatic N) is 1. The van der Waals surface area contributed by atoms with Gasteiger partial charge in [0, 0.05) is 13.1 Å². The van der Waals surface area contributed by atoms with Crippen LogP contribution in [0.25, 0.3) is 0 Å². The Kier molecular flexibility index (Phi) is 3.79. The third-order valence-electron chi connectivity index (χ3n) is 3.72. The summed E-state index contributed by atoms with van der Waals surface area (Å²) >= 11 is 0. The van der Waals surface area contributed by atoms with Crippen LogP contribution in [0.2, 0.25) is 0 Å². The molecule has 0 aromatic rings. The molecule has 116 valence electrons. The van der Waals surface area contributed by atoms with Gasteiger partial charge in [0.2, 0.25) is 0 Å². The molecule has 6 nitrogen and oxygen atoms in total. The van der Waals surface area contributed by atoms with Crippen molar-refractivity contribution in [1.29, 1.82) is 0 Å². The molecule has 1 amide bonds. The summed E-state index contributed by atoms with van der Waals surface area (Å²) in [5.74, 6) is 0. The number of carbonyl (C=O) groups is 1. The molecule has 0 aromatic heterocycles. The van der Waals surface area contributed by atoms with Crippen LogP contribution in [0.4, 0.5) is 4.79 Å². The van der Waals surface area contributed by atoms with Crippen LogP contribution in [0.5, 0.6) is 0 Å². The molecular weight excluding hydrogens is 282 g/mol. The smallest absolute Gasteiger partial charge is 0.410 e. The second-order valence-electron chi connectivity index (χ2n) is 6.98. The second-order valence-corrected chi connectivity index (χ2v) is 8.58. The molecule has 1 saturated heterocycles. The first-order valence-electron chi connectivity index (χ1n) is 6.84. The van der Waals surface area contributed by atoms with E-state index in [1.807, 2.05) is 20.8 Å². The fourth-order valence-corrected chi connectivity index (χ4v) is 3.60. The van der Waals surface area contributed by atoms with Gasteiger partial charge < -0.3 is 9.64 Å². The summed E-state index contributed by atoms with van der Waals surface area (Å²) in [5.41, 5.74) is -0.472. The second kappa shape index (κ2) is 4.87. The molecule has 2 aliphatic rings. The zero-order chi connectivity index (χ0) is 15.2. The molecule has 1 aliphatic heterocycles. The highest BCUT2D eigenvalue weighted by molar-refractivity contribution is 7.86. The first kappa shape index (κ1) is 15.6. The van der Waals surface area contributed by atoms with Crippen molar-refractivity contribution in [2.75, 3.05) is 19.3 Å². The predicted octanol–water partition coefficient (Wildman–Crippen LogP) is 1.75. The molecule has 0 bridgehead atoms. The lowest BCUT2D eigenvalue weighted by atomic mass is 9.66. The molecule has 1 spiro atoms. The number of hydrogen-bond donors (Lipinski definition) is 0. The van der Waals surface area contributed by atoms with Crippen molar-refractivity contribution in [3.05, 3.63) is 0 Å². The molecule has 0 N–H and O–H groups in total. The van der Waals surface area contributed by atoms with E-state index in [4.69, 9.17) is 8.92 Å². The maximum absolute atomic E-state index is 12.0. The molecule has 2 rings (SSSR count). The van der Waals surface area contributed by atoms with Crippen molar-refractivity contribution < 1.29 is 22.1 Å². The predicted molar refractivity (Wildman–Crippen MR) is 73.8 cm³/mol. The molecule has 2 fully saturated rings. The van der Waals surface area contributed by atoms with Crippen LogP contribution < -0.4 is 0 Å². The van der Waals surface area contributed by atoms with Crippen LogP contribution in [-0.4, -0.2) is 50.5 Å². The Balaban J connectivity index is 1.84. The average Bonchev–Trinajstić information content (AvgIpc) is 2.56. The Morgan fingerprint density at radius 3 is 2.40 bits per heavy atom. The summed E-state index contributed by atoms with van der Waals surface area (Å²) in [6.45, 7) is 6.83. The van der Waals surface area contributed by atoms with E-state index in [1.54, 1.807) is 4.90 Å². The minimum atomic E-state index is -3.39. The first-order chi connectivity index (χ1) is 8.98. The highest BCUT2D eigenvalue weighted by atomic mass is 32.2. The van der Waals surface area contributed by atoms with Gasteiger partial charge in [-0.05, 0) is 45.4 Å². The standard InChI is InChI=1S/C13H23NO5S/c1-12(2,3)18-11(15)14-6-5-13(9-14)7-10(8-13)19-20(4,16)17/h10H,5-9H2,1-4H3. The van der Waals surface area contributed by atoms with Gasteiger partial charge in [0.05, 0.1) is 12.4 Å². The van der Waals surface area contributed by atoms with Gasteiger partial charge in [-0.1, -0.05) is 0 Å². The fraction of sp³-hybridized carbons (Fsp3) is 0.923. The summed E-state index contributed by atoms with van der Waals surface area (Å²) in [6.07, 6.45) is 2.82. The van der Waals surface area contributed by atoms with Gasteiger partial charge >= 0.3 is 6.09 Å². The third kappa shape index (κ3) is 3.85. The third-order valence-corrected chi connectivity index (χ3v) is 4.34. The van der Waals surface area contributed by atoms with Gasteiger partial charge in [0.25, 0.3) is 10.1 Å². The molecule has 7 heteroatoms. The Morgan fingerprint density at radius 2 is 1.90 bits per heavy atom. The molecule has 0 atom stereocenters. The van der Waals surface area contributed by atoms with Gasteiger partial charge in [-0.2, -0.15) is 8.42 Å². The van der Waals surface area contributed by atoms with Crippen molar-refractivity contribution in [3.63, 3.8) is 0 Å². The largest absolute Gasteiger partial charge is 0.444 e. The SMILES string of the molecule is CC(C)(C)OC(=O)N1CCC2(CC(OS(C)(=O)=O)C2)C1. The monoisotopic (exact) mass is 305 g/mol. The van der Waals surface area contributed by atoms with E-state index < -0.39 is 15.7 Å². The van der Waals surface area contributed by atoms with Crippen LogP contribution in [0.15, 0.2) is 0 Å². The van der Waals surface area contributed by atoms with Gasteiger partial charge in [-0.25, -0.2) is 4.79 Å². The maximum Gasteiger partial charge on any atom is 0.410 e.